The highest BCUT2D eigenvalue weighted by atomic mass is 16.4. The summed E-state index contributed by atoms with van der Waals surface area (Å²) in [6, 6.07) is 4.42. The van der Waals surface area contributed by atoms with Crippen molar-refractivity contribution in [2.75, 3.05) is 0 Å². The van der Waals surface area contributed by atoms with Gasteiger partial charge in [-0.1, -0.05) is 0 Å². The average Bonchev–Trinajstić information content (AvgIpc) is 2.45. The first kappa shape index (κ1) is 9.85. The Morgan fingerprint density at radius 3 is 2.71 bits per heavy atom. The van der Waals surface area contributed by atoms with Crippen LogP contribution in [0.1, 0.15) is 0 Å². The van der Waals surface area contributed by atoms with Crippen LogP contribution in [0.2, 0.25) is 0 Å². The smallest absolute Gasteiger partial charge is 0.417 e. The minimum absolute atomic E-state index is 0.106. The van der Waals surface area contributed by atoms with E-state index in [1.54, 1.807) is 0 Å². The summed E-state index contributed by atoms with van der Waals surface area (Å²) in [6.45, 7) is -0.250. The number of benzene rings is 1. The molecule has 6 heteroatoms. The van der Waals surface area contributed by atoms with Gasteiger partial charge in [-0.3, -0.25) is 9.78 Å². The molecule has 1 heterocycles. The minimum Gasteiger partial charge on any atom is -0.508 e. The van der Waals surface area contributed by atoms with Gasteiger partial charge in [-0.2, -0.15) is 0 Å². The number of fused-ring (bicyclic) bond motifs is 1. The van der Waals surface area contributed by atoms with E-state index in [1.165, 1.54) is 18.2 Å². The molecule has 14 heavy (non-hydrogen) atoms. The molecule has 3 N–H and O–H groups in total. The Balaban J connectivity index is 0.000000293. The third-order valence-electron chi connectivity index (χ3n) is 1.40. The lowest BCUT2D eigenvalue weighted by Crippen LogP contribution is -1.92. The average molecular weight is 197 g/mol. The van der Waals surface area contributed by atoms with Gasteiger partial charge in [0, 0.05) is 6.07 Å². The molecule has 0 aliphatic carbocycles. The number of aromatic hydroxyl groups is 1. The maximum absolute atomic E-state index is 10.6. The van der Waals surface area contributed by atoms with Crippen LogP contribution in [0.5, 0.6) is 5.75 Å². The van der Waals surface area contributed by atoms with Crippen LogP contribution in [0, 0.1) is 0 Å². The summed E-state index contributed by atoms with van der Waals surface area (Å²) in [4.78, 5) is 21.4. The number of nitrogens with one attached hydrogen (secondary N) is 1. The van der Waals surface area contributed by atoms with Crippen molar-refractivity contribution in [1.29, 1.82) is 0 Å². The zero-order valence-electron chi connectivity index (χ0n) is 6.93. The second-order valence-corrected chi connectivity index (χ2v) is 2.30. The first-order valence-corrected chi connectivity index (χ1v) is 3.57. The number of hydrogen-bond acceptors (Lipinski definition) is 4. The third-order valence-corrected chi connectivity index (χ3v) is 1.40. The van der Waals surface area contributed by atoms with Crippen molar-refractivity contribution < 1.29 is 19.4 Å². The Bertz CT molecular complexity index is 484. The predicted octanol–water partition coefficient (Wildman–Crippen LogP) is 0.528. The van der Waals surface area contributed by atoms with Gasteiger partial charge in [0.1, 0.15) is 5.75 Å². The molecule has 0 atom stereocenters. The molecule has 0 unspecified atom stereocenters. The topological polar surface area (TPSA) is 104 Å². The molecule has 0 spiro atoms. The van der Waals surface area contributed by atoms with E-state index in [2.05, 4.69) is 4.98 Å². The number of aromatic amines is 1. The van der Waals surface area contributed by atoms with Crippen LogP contribution in [0.15, 0.2) is 27.4 Å². The van der Waals surface area contributed by atoms with E-state index in [0.29, 0.717) is 11.1 Å². The van der Waals surface area contributed by atoms with Crippen LogP contribution in [0.25, 0.3) is 11.1 Å². The Labute approximate surface area is 77.4 Å². The first-order valence-electron chi connectivity index (χ1n) is 3.57. The van der Waals surface area contributed by atoms with Crippen molar-refractivity contribution in [3.05, 3.63) is 28.7 Å². The largest absolute Gasteiger partial charge is 0.508 e. The SMILES string of the molecule is O=CO.O=c1[nH]c2cc(O)ccc2o1. The van der Waals surface area contributed by atoms with Crippen LogP contribution < -0.4 is 5.76 Å². The fraction of sp³-hybridized carbons (Fsp3) is 0. The third kappa shape index (κ3) is 2.13. The standard InChI is InChI=1S/C7H5NO3.CH2O2/c9-4-1-2-6-5(3-4)8-7(10)11-6;2-1-3/h1-3,9H,(H,8,10);1H,(H,2,3). The molecule has 0 aliphatic rings. The quantitative estimate of drug-likeness (QED) is 0.534. The monoisotopic (exact) mass is 197 g/mol. The molecule has 1 aromatic heterocycles. The van der Waals surface area contributed by atoms with Gasteiger partial charge < -0.3 is 14.6 Å². The number of hydrogen-bond donors (Lipinski definition) is 3. The number of carboxylic acid groups (broad SMARTS) is 1. The number of phenolic OH excluding ortho intramolecular Hbond substituents is 1. The summed E-state index contributed by atoms with van der Waals surface area (Å²) >= 11 is 0. The summed E-state index contributed by atoms with van der Waals surface area (Å²) in [5, 5.41) is 15.9. The first-order chi connectivity index (χ1) is 6.67. The lowest BCUT2D eigenvalue weighted by molar-refractivity contribution is -0.122. The molecule has 2 rings (SSSR count). The molecule has 0 amide bonds. The molecule has 0 radical (unpaired) electrons. The van der Waals surface area contributed by atoms with Gasteiger partial charge in [0.25, 0.3) is 6.47 Å². The zero-order chi connectivity index (χ0) is 10.6. The van der Waals surface area contributed by atoms with Crippen LogP contribution in [0.4, 0.5) is 0 Å². The number of rotatable bonds is 0. The lowest BCUT2D eigenvalue weighted by atomic mass is 10.3. The Kier molecular flexibility index (Phi) is 2.90. The van der Waals surface area contributed by atoms with Crippen LogP contribution in [-0.4, -0.2) is 21.7 Å². The van der Waals surface area contributed by atoms with E-state index in [0.717, 1.165) is 0 Å². The highest BCUT2D eigenvalue weighted by Crippen LogP contribution is 2.15. The molecule has 74 valence electrons. The number of phenols is 1. The number of carbonyl (C=O) groups is 1. The Hall–Kier alpha value is -2.24. The number of oxazole rings is 1. The Morgan fingerprint density at radius 1 is 1.43 bits per heavy atom. The van der Waals surface area contributed by atoms with E-state index >= 15 is 0 Å². The summed E-state index contributed by atoms with van der Waals surface area (Å²) in [7, 11) is 0. The normalized spacial score (nSPS) is 9.14. The summed E-state index contributed by atoms with van der Waals surface area (Å²) in [5.41, 5.74) is 0.961. The summed E-state index contributed by atoms with van der Waals surface area (Å²) in [6.07, 6.45) is 0. The molecule has 6 nitrogen and oxygen atoms in total. The second-order valence-electron chi connectivity index (χ2n) is 2.30. The minimum atomic E-state index is -0.509. The lowest BCUT2D eigenvalue weighted by Gasteiger charge is -1.87. The summed E-state index contributed by atoms with van der Waals surface area (Å²) in [5.74, 6) is -0.403. The maximum Gasteiger partial charge on any atom is 0.417 e. The van der Waals surface area contributed by atoms with Gasteiger partial charge in [0.15, 0.2) is 5.58 Å². The van der Waals surface area contributed by atoms with Gasteiger partial charge in [0.05, 0.1) is 5.52 Å². The second kappa shape index (κ2) is 4.13. The van der Waals surface area contributed by atoms with E-state index in [4.69, 9.17) is 19.4 Å². The van der Waals surface area contributed by atoms with Crippen LogP contribution in [-0.2, 0) is 4.79 Å². The molecule has 0 saturated carbocycles. The molecule has 0 aliphatic heterocycles. The van der Waals surface area contributed by atoms with Gasteiger partial charge in [-0.05, 0) is 12.1 Å². The maximum atomic E-state index is 10.6. The number of H-pyrrole nitrogens is 1. The van der Waals surface area contributed by atoms with Gasteiger partial charge in [-0.25, -0.2) is 4.79 Å². The molecule has 0 saturated heterocycles. The van der Waals surface area contributed by atoms with Crippen molar-refractivity contribution in [3.63, 3.8) is 0 Å². The predicted molar refractivity (Wildman–Crippen MR) is 47.2 cm³/mol. The summed E-state index contributed by atoms with van der Waals surface area (Å²) < 4.78 is 4.70. The van der Waals surface area contributed by atoms with E-state index in [9.17, 15) is 4.79 Å². The molecular weight excluding hydrogens is 190 g/mol. The van der Waals surface area contributed by atoms with Gasteiger partial charge in [-0.15, -0.1) is 0 Å². The fourth-order valence-electron chi connectivity index (χ4n) is 0.940. The molecule has 0 fully saturated rings. The molecule has 0 bridgehead atoms. The van der Waals surface area contributed by atoms with Crippen molar-refractivity contribution in [2.45, 2.75) is 0 Å². The highest BCUT2D eigenvalue weighted by Gasteiger charge is 1.99. The van der Waals surface area contributed by atoms with Crippen molar-refractivity contribution >= 4 is 17.6 Å². The van der Waals surface area contributed by atoms with Crippen LogP contribution >= 0.6 is 0 Å². The van der Waals surface area contributed by atoms with E-state index < -0.39 is 5.76 Å². The van der Waals surface area contributed by atoms with E-state index in [-0.39, 0.29) is 12.2 Å². The number of aromatic nitrogens is 1. The highest BCUT2D eigenvalue weighted by molar-refractivity contribution is 5.73. The van der Waals surface area contributed by atoms with Crippen molar-refractivity contribution in [1.82, 2.24) is 4.98 Å². The molecule has 1 aromatic carbocycles. The van der Waals surface area contributed by atoms with Crippen LogP contribution in [0.3, 0.4) is 0 Å². The molecular formula is C8H7NO5. The zero-order valence-corrected chi connectivity index (χ0v) is 6.93. The van der Waals surface area contributed by atoms with Crippen molar-refractivity contribution in [3.8, 4) is 5.75 Å². The van der Waals surface area contributed by atoms with Gasteiger partial charge >= 0.3 is 5.76 Å². The van der Waals surface area contributed by atoms with E-state index in [1.807, 2.05) is 0 Å². The van der Waals surface area contributed by atoms with Crippen molar-refractivity contribution in [2.24, 2.45) is 0 Å². The Morgan fingerprint density at radius 2 is 2.07 bits per heavy atom. The fourth-order valence-corrected chi connectivity index (χ4v) is 0.940. The molecule has 2 aromatic rings. The van der Waals surface area contributed by atoms with Gasteiger partial charge in [0.2, 0.25) is 0 Å².